The maximum atomic E-state index is 13.8. The second-order valence-electron chi connectivity index (χ2n) is 12.3. The van der Waals surface area contributed by atoms with E-state index in [1.54, 1.807) is 42.5 Å². The zero-order valence-electron chi connectivity index (χ0n) is 25.2. The number of anilines is 1. The molecule has 3 aliphatic rings. The summed E-state index contributed by atoms with van der Waals surface area (Å²) < 4.78 is 6.68. The molecular weight excluding hydrogens is 632 g/mol. The van der Waals surface area contributed by atoms with Crippen LogP contribution >= 0.6 is 15.9 Å². The molecule has 3 aromatic carbocycles. The van der Waals surface area contributed by atoms with Crippen LogP contribution in [0.5, 0.6) is 0 Å². The average Bonchev–Trinajstić information content (AvgIpc) is 3.76. The maximum Gasteiger partial charge on any atom is 0.339 e. The van der Waals surface area contributed by atoms with Gasteiger partial charge in [-0.25, -0.2) is 9.78 Å². The summed E-state index contributed by atoms with van der Waals surface area (Å²) in [5, 5.41) is 0.628. The number of carbonyl (C=O) groups excluding carboxylic acids is 4. The first-order valence-electron chi connectivity index (χ1n) is 15.7. The smallest absolute Gasteiger partial charge is 0.339 e. The lowest BCUT2D eigenvalue weighted by Gasteiger charge is -2.19. The molecule has 2 amide bonds. The lowest BCUT2D eigenvalue weighted by molar-refractivity contribution is -0.123. The van der Waals surface area contributed by atoms with Crippen molar-refractivity contribution in [1.29, 1.82) is 0 Å². The van der Waals surface area contributed by atoms with Crippen molar-refractivity contribution < 1.29 is 23.9 Å². The molecular formula is C37H33BrN2O5. The predicted octanol–water partition coefficient (Wildman–Crippen LogP) is 7.58. The van der Waals surface area contributed by atoms with Gasteiger partial charge < -0.3 is 4.74 Å². The molecule has 1 saturated heterocycles. The number of aryl methyl sites for hydroxylation is 1. The van der Waals surface area contributed by atoms with Crippen LogP contribution in [0.25, 0.3) is 22.2 Å². The number of carbonyl (C=O) groups is 4. The first-order valence-corrected chi connectivity index (χ1v) is 16.5. The minimum absolute atomic E-state index is 0.0764. The monoisotopic (exact) mass is 664 g/mol. The largest absolute Gasteiger partial charge is 0.450 e. The number of hydrogen-bond acceptors (Lipinski definition) is 6. The topological polar surface area (TPSA) is 93.6 Å². The van der Waals surface area contributed by atoms with E-state index in [4.69, 9.17) is 9.72 Å². The fraction of sp³-hybridized carbons (Fsp3) is 0.324. The van der Waals surface area contributed by atoms with Crippen LogP contribution in [0.4, 0.5) is 5.69 Å². The molecule has 45 heavy (non-hydrogen) atoms. The number of halogens is 1. The van der Waals surface area contributed by atoms with Gasteiger partial charge >= 0.3 is 5.97 Å². The molecule has 5 unspecified atom stereocenters. The fourth-order valence-corrected chi connectivity index (χ4v) is 8.20. The minimum atomic E-state index is -0.936. The third-order valence-electron chi connectivity index (χ3n) is 9.88. The van der Waals surface area contributed by atoms with Crippen molar-refractivity contribution in [3.05, 3.63) is 94.0 Å². The number of pyridine rings is 1. The standard InChI is InChI=1S/C37H33BrN2O5/c1-3-20-17-25(38)18-27-28(37(44)45-30(4-2)34(41)22-8-6-5-7-9-22)19-29(39-33(20)27)21-12-14-26(15-13-21)40-35(42)31-23-10-11-24(16-23)32(31)36(40)43/h5-9,12-15,17-19,23-24,30-32H,3-4,10-11,16H2,1-2H3. The van der Waals surface area contributed by atoms with Crippen LogP contribution in [0.2, 0.25) is 0 Å². The van der Waals surface area contributed by atoms with E-state index in [0.717, 1.165) is 34.9 Å². The number of amides is 2. The van der Waals surface area contributed by atoms with E-state index in [1.807, 2.05) is 44.2 Å². The number of fused-ring (bicyclic) bond motifs is 6. The third-order valence-corrected chi connectivity index (χ3v) is 10.3. The summed E-state index contributed by atoms with van der Waals surface area (Å²) in [6.07, 6.45) is 3.14. The number of hydrogen-bond donors (Lipinski definition) is 0. The highest BCUT2D eigenvalue weighted by atomic mass is 79.9. The molecule has 2 heterocycles. The average molecular weight is 666 g/mol. The normalized spacial score (nSPS) is 22.6. The maximum absolute atomic E-state index is 13.8. The molecule has 4 aromatic rings. The Kier molecular flexibility index (Phi) is 7.64. The molecule has 1 aliphatic heterocycles. The third kappa shape index (κ3) is 4.99. The molecule has 3 fully saturated rings. The van der Waals surface area contributed by atoms with Crippen LogP contribution in [0, 0.1) is 23.7 Å². The summed E-state index contributed by atoms with van der Waals surface area (Å²) in [6.45, 7) is 3.84. The van der Waals surface area contributed by atoms with Crippen molar-refractivity contribution in [1.82, 2.24) is 4.98 Å². The van der Waals surface area contributed by atoms with E-state index in [0.29, 0.717) is 58.1 Å². The van der Waals surface area contributed by atoms with Gasteiger partial charge in [-0.1, -0.05) is 72.2 Å². The fourth-order valence-electron chi connectivity index (χ4n) is 7.69. The highest BCUT2D eigenvalue weighted by molar-refractivity contribution is 9.10. The van der Waals surface area contributed by atoms with Gasteiger partial charge in [0.25, 0.3) is 0 Å². The second kappa shape index (κ2) is 11.6. The van der Waals surface area contributed by atoms with E-state index in [2.05, 4.69) is 15.9 Å². The van der Waals surface area contributed by atoms with Gasteiger partial charge in [0.15, 0.2) is 6.10 Å². The highest BCUT2D eigenvalue weighted by Crippen LogP contribution is 2.56. The van der Waals surface area contributed by atoms with E-state index in [-0.39, 0.29) is 29.4 Å². The summed E-state index contributed by atoms with van der Waals surface area (Å²) >= 11 is 3.57. The Hall–Kier alpha value is -4.17. The Morgan fingerprint density at radius 3 is 2.22 bits per heavy atom. The summed E-state index contributed by atoms with van der Waals surface area (Å²) in [7, 11) is 0. The Morgan fingerprint density at radius 1 is 0.933 bits per heavy atom. The van der Waals surface area contributed by atoms with Crippen LogP contribution in [-0.4, -0.2) is 34.7 Å². The zero-order valence-corrected chi connectivity index (χ0v) is 26.8. The Morgan fingerprint density at radius 2 is 1.60 bits per heavy atom. The van der Waals surface area contributed by atoms with E-state index in [9.17, 15) is 19.2 Å². The Bertz CT molecular complexity index is 1830. The molecule has 2 bridgehead atoms. The quantitative estimate of drug-likeness (QED) is 0.109. The molecule has 2 aliphatic carbocycles. The van der Waals surface area contributed by atoms with Gasteiger partial charge in [0.1, 0.15) is 0 Å². The van der Waals surface area contributed by atoms with E-state index < -0.39 is 12.1 Å². The molecule has 7 rings (SSSR count). The second-order valence-corrected chi connectivity index (χ2v) is 13.3. The Labute approximate surface area is 270 Å². The van der Waals surface area contributed by atoms with Crippen LogP contribution in [-0.2, 0) is 20.7 Å². The first kappa shape index (κ1) is 29.5. The molecule has 5 atom stereocenters. The van der Waals surface area contributed by atoms with Gasteiger partial charge in [0.2, 0.25) is 17.6 Å². The molecule has 7 nitrogen and oxygen atoms in total. The molecule has 8 heteroatoms. The van der Waals surface area contributed by atoms with Gasteiger partial charge in [0.05, 0.1) is 34.3 Å². The summed E-state index contributed by atoms with van der Waals surface area (Å²) in [5.74, 6) is -0.726. The van der Waals surface area contributed by atoms with Crippen LogP contribution < -0.4 is 4.90 Å². The molecule has 0 N–H and O–H groups in total. The number of nitrogens with zero attached hydrogens (tertiary/aromatic N) is 2. The van der Waals surface area contributed by atoms with Crippen molar-refractivity contribution in [2.45, 2.75) is 52.1 Å². The molecule has 228 valence electrons. The van der Waals surface area contributed by atoms with Crippen molar-refractivity contribution in [3.63, 3.8) is 0 Å². The number of esters is 1. The van der Waals surface area contributed by atoms with Gasteiger partial charge in [-0.3, -0.25) is 19.3 Å². The van der Waals surface area contributed by atoms with Gasteiger partial charge in [-0.05, 0) is 79.8 Å². The zero-order chi connectivity index (χ0) is 31.4. The van der Waals surface area contributed by atoms with Gasteiger partial charge in [0, 0.05) is 21.0 Å². The lowest BCUT2D eigenvalue weighted by Crippen LogP contribution is -2.32. The molecule has 0 spiro atoms. The summed E-state index contributed by atoms with van der Waals surface area (Å²) in [4.78, 5) is 60.1. The lowest BCUT2D eigenvalue weighted by atomic mass is 9.81. The van der Waals surface area contributed by atoms with E-state index in [1.165, 1.54) is 4.90 Å². The van der Waals surface area contributed by atoms with Crippen molar-refractivity contribution >= 4 is 56.1 Å². The minimum Gasteiger partial charge on any atom is -0.450 e. The molecule has 2 saturated carbocycles. The van der Waals surface area contributed by atoms with Crippen LogP contribution in [0.3, 0.4) is 0 Å². The number of benzene rings is 3. The van der Waals surface area contributed by atoms with Crippen LogP contribution in [0.15, 0.2) is 77.3 Å². The summed E-state index contributed by atoms with van der Waals surface area (Å²) in [6, 6.07) is 21.6. The van der Waals surface area contributed by atoms with Crippen molar-refractivity contribution in [2.75, 3.05) is 4.90 Å². The first-order chi connectivity index (χ1) is 21.8. The SMILES string of the molecule is CCc1cc(Br)cc2c(C(=O)OC(CC)C(=O)c3ccccc3)cc(-c3ccc(N4C(=O)C5C6CCC(C6)C5C4=O)cc3)nc12. The van der Waals surface area contributed by atoms with E-state index >= 15 is 0 Å². The number of ketones is 1. The van der Waals surface area contributed by atoms with Crippen molar-refractivity contribution in [2.24, 2.45) is 23.7 Å². The van der Waals surface area contributed by atoms with Crippen molar-refractivity contribution in [3.8, 4) is 11.3 Å². The van der Waals surface area contributed by atoms with Crippen LogP contribution in [0.1, 0.15) is 65.8 Å². The highest BCUT2D eigenvalue weighted by Gasteiger charge is 2.61. The number of Topliss-reactive ketones (excluding diaryl/α,β-unsaturated/α-hetero) is 1. The van der Waals surface area contributed by atoms with Gasteiger partial charge in [-0.2, -0.15) is 0 Å². The number of aromatic nitrogens is 1. The number of rotatable bonds is 8. The predicted molar refractivity (Wildman–Crippen MR) is 175 cm³/mol. The summed E-state index contributed by atoms with van der Waals surface area (Å²) in [5.41, 5.74) is 4.26. The number of ether oxygens (including phenoxy) is 1. The van der Waals surface area contributed by atoms with Gasteiger partial charge in [-0.15, -0.1) is 0 Å². The molecule has 0 radical (unpaired) electrons. The molecule has 1 aromatic heterocycles. The Balaban J connectivity index is 1.23. The number of imide groups is 1.